The maximum Gasteiger partial charge on any atom is 0.250 e. The smallest absolute Gasteiger partial charge is 0.250 e. The zero-order chi connectivity index (χ0) is 26.4. The van der Waals surface area contributed by atoms with Crippen molar-refractivity contribution < 1.29 is 0 Å². The molecule has 1 spiro atoms. The number of likely N-dealkylation sites (tertiary alicyclic amines) is 1. The van der Waals surface area contributed by atoms with Gasteiger partial charge in [0.2, 0.25) is 0 Å². The number of piperidine rings is 1. The third kappa shape index (κ3) is 6.92. The Kier molecular flexibility index (Phi) is 8.91. The van der Waals surface area contributed by atoms with Crippen molar-refractivity contribution >= 4 is 0 Å². The summed E-state index contributed by atoms with van der Waals surface area (Å²) in [6, 6.07) is 9.82. The van der Waals surface area contributed by atoms with Crippen molar-refractivity contribution in [2.24, 2.45) is 18.4 Å². The highest BCUT2D eigenvalue weighted by atomic mass is 16.1. The van der Waals surface area contributed by atoms with Crippen LogP contribution in [-0.2, 0) is 13.5 Å². The standard InChI is InChI=1S/C19H20N4O.C12H23N/c1-4-5-16-10-14(15-8-9-23(3)19(24)11-15)6-7-17(16)18-12-20-13(2)21-22-18;1-11-4-3-5-12(10-11)6-8-13(2)9-7-12/h6-12H,4-5H2,1-3H3;11H,3-10H2,1-2H3. The molecular formula is C31H43N5O. The Morgan fingerprint density at radius 1 is 1.03 bits per heavy atom. The Labute approximate surface area is 222 Å². The molecule has 6 heteroatoms. The molecule has 1 atom stereocenters. The molecule has 6 nitrogen and oxygen atoms in total. The van der Waals surface area contributed by atoms with E-state index in [0.29, 0.717) is 5.82 Å². The molecule has 0 bridgehead atoms. The lowest BCUT2D eigenvalue weighted by molar-refractivity contribution is 0.0594. The van der Waals surface area contributed by atoms with Crippen molar-refractivity contribution in [2.45, 2.75) is 72.1 Å². The van der Waals surface area contributed by atoms with Gasteiger partial charge in [0.1, 0.15) is 11.5 Å². The molecule has 3 heterocycles. The van der Waals surface area contributed by atoms with Gasteiger partial charge < -0.3 is 9.47 Å². The van der Waals surface area contributed by atoms with E-state index in [4.69, 9.17) is 0 Å². The van der Waals surface area contributed by atoms with Crippen molar-refractivity contribution in [1.29, 1.82) is 0 Å². The summed E-state index contributed by atoms with van der Waals surface area (Å²) in [6.45, 7) is 9.09. The maximum atomic E-state index is 11.9. The first-order chi connectivity index (χ1) is 17.8. The molecule has 1 aromatic carbocycles. The number of nitrogens with zero attached hydrogens (tertiary/aromatic N) is 5. The van der Waals surface area contributed by atoms with Crippen molar-refractivity contribution in [3.63, 3.8) is 0 Å². The third-order valence-electron chi connectivity index (χ3n) is 8.25. The first-order valence-electron chi connectivity index (χ1n) is 13.9. The van der Waals surface area contributed by atoms with Crippen LogP contribution in [-0.4, -0.2) is 44.8 Å². The number of benzene rings is 1. The maximum absolute atomic E-state index is 11.9. The molecule has 2 aliphatic rings. The van der Waals surface area contributed by atoms with Crippen molar-refractivity contribution in [3.8, 4) is 22.4 Å². The van der Waals surface area contributed by atoms with Crippen molar-refractivity contribution in [2.75, 3.05) is 20.1 Å². The number of pyridine rings is 1. The zero-order valence-corrected chi connectivity index (χ0v) is 23.3. The number of hydrogen-bond donors (Lipinski definition) is 0. The lowest BCUT2D eigenvalue weighted by atomic mass is 9.65. The quantitative estimate of drug-likeness (QED) is 0.434. The fourth-order valence-electron chi connectivity index (χ4n) is 6.00. The van der Waals surface area contributed by atoms with Crippen LogP contribution in [0.1, 0.15) is 70.2 Å². The summed E-state index contributed by atoms with van der Waals surface area (Å²) in [5, 5.41) is 8.31. The van der Waals surface area contributed by atoms with Gasteiger partial charge in [-0.3, -0.25) is 4.79 Å². The first-order valence-corrected chi connectivity index (χ1v) is 13.9. The van der Waals surface area contributed by atoms with Gasteiger partial charge in [0.15, 0.2) is 0 Å². The topological polar surface area (TPSA) is 63.9 Å². The molecule has 0 amide bonds. The summed E-state index contributed by atoms with van der Waals surface area (Å²) in [4.78, 5) is 18.6. The Hall–Kier alpha value is -2.86. The molecule has 1 aliphatic carbocycles. The minimum atomic E-state index is -0.0118. The van der Waals surface area contributed by atoms with Gasteiger partial charge in [-0.05, 0) is 93.3 Å². The van der Waals surface area contributed by atoms with Gasteiger partial charge in [-0.2, -0.15) is 0 Å². The number of aromatic nitrogens is 4. The fraction of sp³-hybridized carbons (Fsp3) is 0.548. The Balaban J connectivity index is 0.000000207. The van der Waals surface area contributed by atoms with E-state index in [0.717, 1.165) is 46.6 Å². The average molecular weight is 502 g/mol. The summed E-state index contributed by atoms with van der Waals surface area (Å²) in [7, 11) is 4.01. The Bertz CT molecular complexity index is 1230. The van der Waals surface area contributed by atoms with Crippen LogP contribution in [0.25, 0.3) is 22.4 Å². The Morgan fingerprint density at radius 3 is 2.43 bits per heavy atom. The summed E-state index contributed by atoms with van der Waals surface area (Å²) in [5.41, 5.74) is 5.73. The monoisotopic (exact) mass is 501 g/mol. The van der Waals surface area contributed by atoms with Gasteiger partial charge in [0.25, 0.3) is 5.56 Å². The predicted molar refractivity (Wildman–Crippen MR) is 151 cm³/mol. The van der Waals surface area contributed by atoms with Crippen LogP contribution in [0.3, 0.4) is 0 Å². The molecule has 0 radical (unpaired) electrons. The molecule has 5 rings (SSSR count). The van der Waals surface area contributed by atoms with Gasteiger partial charge in [0.05, 0.1) is 6.20 Å². The van der Waals surface area contributed by atoms with Crippen LogP contribution in [0.2, 0.25) is 0 Å². The SMILES string of the molecule is CC1CCCC2(CCN(C)CC2)C1.CCCc1cc(-c2ccn(C)c(=O)c2)ccc1-c1cnc(C)nn1. The van der Waals surface area contributed by atoms with Gasteiger partial charge in [-0.15, -0.1) is 10.2 Å². The fourth-order valence-corrected chi connectivity index (χ4v) is 6.00. The van der Waals surface area contributed by atoms with Crippen LogP contribution >= 0.6 is 0 Å². The van der Waals surface area contributed by atoms with Crippen LogP contribution in [0.5, 0.6) is 0 Å². The van der Waals surface area contributed by atoms with E-state index in [9.17, 15) is 4.79 Å². The number of aryl methyl sites for hydroxylation is 3. The molecule has 198 valence electrons. The second-order valence-corrected chi connectivity index (χ2v) is 11.4. The highest BCUT2D eigenvalue weighted by Crippen LogP contribution is 2.46. The summed E-state index contributed by atoms with van der Waals surface area (Å²) in [5.74, 6) is 1.66. The predicted octanol–water partition coefficient (Wildman–Crippen LogP) is 6.07. The van der Waals surface area contributed by atoms with Crippen LogP contribution in [0.15, 0.2) is 47.5 Å². The Morgan fingerprint density at radius 2 is 1.78 bits per heavy atom. The molecule has 1 saturated carbocycles. The van der Waals surface area contributed by atoms with Gasteiger partial charge in [0, 0.05) is 24.9 Å². The normalized spacial score (nSPS) is 19.3. The second-order valence-electron chi connectivity index (χ2n) is 11.4. The van der Waals surface area contributed by atoms with E-state index in [2.05, 4.69) is 47.0 Å². The molecule has 1 unspecified atom stereocenters. The number of rotatable bonds is 4. The van der Waals surface area contributed by atoms with Gasteiger partial charge in [-0.25, -0.2) is 4.98 Å². The van der Waals surface area contributed by atoms with Gasteiger partial charge >= 0.3 is 0 Å². The minimum absolute atomic E-state index is 0.0118. The van der Waals surface area contributed by atoms with Crippen LogP contribution in [0, 0.1) is 18.3 Å². The molecule has 1 aliphatic heterocycles. The lowest BCUT2D eigenvalue weighted by Gasteiger charge is -2.45. The van der Waals surface area contributed by atoms with Crippen LogP contribution in [0.4, 0.5) is 0 Å². The summed E-state index contributed by atoms with van der Waals surface area (Å²) < 4.78 is 1.57. The summed E-state index contributed by atoms with van der Waals surface area (Å²) in [6.07, 6.45) is 14.5. The summed E-state index contributed by atoms with van der Waals surface area (Å²) >= 11 is 0. The molecule has 37 heavy (non-hydrogen) atoms. The molecular weight excluding hydrogens is 458 g/mol. The largest absolute Gasteiger partial charge is 0.319 e. The second kappa shape index (κ2) is 12.1. The molecule has 2 fully saturated rings. The highest BCUT2D eigenvalue weighted by Gasteiger charge is 2.36. The van der Waals surface area contributed by atoms with Crippen molar-refractivity contribution in [3.05, 3.63) is 64.5 Å². The zero-order valence-electron chi connectivity index (χ0n) is 23.3. The van der Waals surface area contributed by atoms with Crippen molar-refractivity contribution in [1.82, 2.24) is 24.6 Å². The molecule has 0 N–H and O–H groups in total. The molecule has 2 aromatic heterocycles. The minimum Gasteiger partial charge on any atom is -0.319 e. The van der Waals surface area contributed by atoms with Gasteiger partial charge in [-0.1, -0.05) is 51.3 Å². The van der Waals surface area contributed by atoms with E-state index < -0.39 is 0 Å². The van der Waals surface area contributed by atoms with E-state index in [1.54, 1.807) is 30.1 Å². The van der Waals surface area contributed by atoms with E-state index in [1.165, 1.54) is 57.2 Å². The first kappa shape index (κ1) is 27.2. The average Bonchev–Trinajstić information content (AvgIpc) is 2.89. The van der Waals surface area contributed by atoms with Crippen LogP contribution < -0.4 is 5.56 Å². The number of hydrogen-bond acceptors (Lipinski definition) is 5. The lowest BCUT2D eigenvalue weighted by Crippen LogP contribution is -2.40. The third-order valence-corrected chi connectivity index (χ3v) is 8.25. The van der Waals surface area contributed by atoms with E-state index in [1.807, 2.05) is 25.1 Å². The molecule has 1 saturated heterocycles. The highest BCUT2D eigenvalue weighted by molar-refractivity contribution is 5.71. The van der Waals surface area contributed by atoms with E-state index >= 15 is 0 Å². The molecule has 3 aromatic rings. The van der Waals surface area contributed by atoms with E-state index in [-0.39, 0.29) is 5.56 Å².